The van der Waals surface area contributed by atoms with E-state index in [0.717, 1.165) is 10.6 Å². The second-order valence-corrected chi connectivity index (χ2v) is 4.21. The fourth-order valence-electron chi connectivity index (χ4n) is 1.07. The summed E-state index contributed by atoms with van der Waals surface area (Å²) in [6.45, 7) is 0. The average Bonchev–Trinajstić information content (AvgIpc) is 2.69. The molecular formula is C9H6Cl2N2S. The lowest BCUT2D eigenvalue weighted by Crippen LogP contribution is -1.93. The summed E-state index contributed by atoms with van der Waals surface area (Å²) in [4.78, 5) is 9.34. The molecule has 0 fully saturated rings. The highest BCUT2D eigenvalue weighted by molar-refractivity contribution is 7.13. The van der Waals surface area contributed by atoms with Crippen molar-refractivity contribution in [2.45, 2.75) is 5.88 Å². The molecular weight excluding hydrogens is 239 g/mol. The summed E-state index contributed by atoms with van der Waals surface area (Å²) in [6.07, 6.45) is 0. The number of nitrogens with zero attached hydrogens (tertiary/aromatic N) is 2. The van der Waals surface area contributed by atoms with Gasteiger partial charge in [-0.15, -0.1) is 22.9 Å². The fourth-order valence-corrected chi connectivity index (χ4v) is 2.08. The standard InChI is InChI=1S/C9H6Cl2N2S/c10-5-9-12-6(4-8(11)13-9)7-2-1-3-14-7/h1-4H,5H2. The van der Waals surface area contributed by atoms with E-state index in [-0.39, 0.29) is 5.88 Å². The molecule has 0 saturated carbocycles. The van der Waals surface area contributed by atoms with E-state index in [1.165, 1.54) is 0 Å². The molecule has 0 aromatic carbocycles. The highest BCUT2D eigenvalue weighted by atomic mass is 35.5. The molecule has 0 aliphatic carbocycles. The lowest BCUT2D eigenvalue weighted by molar-refractivity contribution is 1.04. The number of rotatable bonds is 2. The highest BCUT2D eigenvalue weighted by Crippen LogP contribution is 2.24. The van der Waals surface area contributed by atoms with Crippen molar-refractivity contribution in [3.05, 3.63) is 34.6 Å². The Morgan fingerprint density at radius 3 is 2.86 bits per heavy atom. The molecule has 0 aliphatic rings. The molecule has 0 bridgehead atoms. The molecule has 0 radical (unpaired) electrons. The monoisotopic (exact) mass is 244 g/mol. The van der Waals surface area contributed by atoms with Gasteiger partial charge >= 0.3 is 0 Å². The van der Waals surface area contributed by atoms with Gasteiger partial charge in [0.05, 0.1) is 16.5 Å². The van der Waals surface area contributed by atoms with Gasteiger partial charge in [0.1, 0.15) is 11.0 Å². The predicted octanol–water partition coefficient (Wildman–Crippen LogP) is 3.60. The van der Waals surface area contributed by atoms with Crippen LogP contribution in [0.15, 0.2) is 23.6 Å². The molecule has 0 spiro atoms. The minimum absolute atomic E-state index is 0.277. The van der Waals surface area contributed by atoms with Crippen LogP contribution in [0.4, 0.5) is 0 Å². The molecule has 0 aliphatic heterocycles. The van der Waals surface area contributed by atoms with Gasteiger partial charge in [-0.05, 0) is 11.4 Å². The Morgan fingerprint density at radius 2 is 2.21 bits per heavy atom. The van der Waals surface area contributed by atoms with Crippen molar-refractivity contribution in [1.82, 2.24) is 9.97 Å². The molecule has 0 unspecified atom stereocenters. The first-order valence-corrected chi connectivity index (χ1v) is 5.72. The van der Waals surface area contributed by atoms with Crippen molar-refractivity contribution in [1.29, 1.82) is 0 Å². The minimum atomic E-state index is 0.277. The number of hydrogen-bond donors (Lipinski definition) is 0. The predicted molar refractivity (Wildman–Crippen MR) is 59.9 cm³/mol. The summed E-state index contributed by atoms with van der Waals surface area (Å²) in [5.41, 5.74) is 0.829. The maximum Gasteiger partial charge on any atom is 0.145 e. The van der Waals surface area contributed by atoms with Gasteiger partial charge in [-0.3, -0.25) is 0 Å². The molecule has 2 rings (SSSR count). The van der Waals surface area contributed by atoms with Gasteiger partial charge in [-0.2, -0.15) is 0 Å². The van der Waals surface area contributed by atoms with Gasteiger partial charge in [0.25, 0.3) is 0 Å². The first-order chi connectivity index (χ1) is 6.79. The number of halogens is 2. The molecule has 2 nitrogen and oxygen atoms in total. The summed E-state index contributed by atoms with van der Waals surface area (Å²) < 4.78 is 0. The lowest BCUT2D eigenvalue weighted by atomic mass is 10.3. The quantitative estimate of drug-likeness (QED) is 0.596. The Balaban J connectivity index is 2.48. The van der Waals surface area contributed by atoms with Crippen LogP contribution in [0.2, 0.25) is 5.15 Å². The zero-order valence-corrected chi connectivity index (χ0v) is 9.40. The van der Waals surface area contributed by atoms with E-state index >= 15 is 0 Å². The number of thiophene rings is 1. The largest absolute Gasteiger partial charge is 0.231 e. The molecule has 2 heterocycles. The van der Waals surface area contributed by atoms with Crippen LogP contribution in [0.3, 0.4) is 0 Å². The molecule has 14 heavy (non-hydrogen) atoms. The number of aromatic nitrogens is 2. The normalized spacial score (nSPS) is 10.4. The van der Waals surface area contributed by atoms with Crippen LogP contribution in [-0.4, -0.2) is 9.97 Å². The highest BCUT2D eigenvalue weighted by Gasteiger charge is 2.05. The average molecular weight is 245 g/mol. The van der Waals surface area contributed by atoms with Gasteiger partial charge in [0.2, 0.25) is 0 Å². The van der Waals surface area contributed by atoms with Crippen LogP contribution in [-0.2, 0) is 5.88 Å². The summed E-state index contributed by atoms with van der Waals surface area (Å²) in [6, 6.07) is 5.70. The van der Waals surface area contributed by atoms with E-state index in [0.29, 0.717) is 11.0 Å². The summed E-state index contributed by atoms with van der Waals surface area (Å²) in [7, 11) is 0. The summed E-state index contributed by atoms with van der Waals surface area (Å²) in [5, 5.41) is 2.42. The zero-order chi connectivity index (χ0) is 9.97. The first kappa shape index (κ1) is 9.90. The van der Waals surface area contributed by atoms with Gasteiger partial charge in [0.15, 0.2) is 0 Å². The molecule has 2 aromatic rings. The first-order valence-electron chi connectivity index (χ1n) is 3.93. The second-order valence-electron chi connectivity index (χ2n) is 2.60. The summed E-state index contributed by atoms with van der Waals surface area (Å²) in [5.74, 6) is 0.835. The van der Waals surface area contributed by atoms with Crippen LogP contribution in [0, 0.1) is 0 Å². The second kappa shape index (κ2) is 4.26. The van der Waals surface area contributed by atoms with Crippen molar-refractivity contribution in [2.75, 3.05) is 0 Å². The van der Waals surface area contributed by atoms with E-state index in [1.807, 2.05) is 17.5 Å². The van der Waals surface area contributed by atoms with E-state index in [9.17, 15) is 0 Å². The molecule has 2 aromatic heterocycles. The van der Waals surface area contributed by atoms with Crippen molar-refractivity contribution < 1.29 is 0 Å². The maximum absolute atomic E-state index is 5.84. The third-order valence-corrected chi connectivity index (χ3v) is 2.96. The van der Waals surface area contributed by atoms with E-state index < -0.39 is 0 Å². The molecule has 5 heteroatoms. The SMILES string of the molecule is ClCc1nc(Cl)cc(-c2cccs2)n1. The van der Waals surface area contributed by atoms with Gasteiger partial charge in [-0.1, -0.05) is 17.7 Å². The van der Waals surface area contributed by atoms with Gasteiger partial charge < -0.3 is 0 Å². The molecule has 72 valence electrons. The van der Waals surface area contributed by atoms with E-state index in [2.05, 4.69) is 9.97 Å². The fraction of sp³-hybridized carbons (Fsp3) is 0.111. The maximum atomic E-state index is 5.84. The molecule has 0 amide bonds. The number of hydrogen-bond acceptors (Lipinski definition) is 3. The van der Waals surface area contributed by atoms with Crippen LogP contribution in [0.1, 0.15) is 5.82 Å². The lowest BCUT2D eigenvalue weighted by Gasteiger charge is -2.00. The van der Waals surface area contributed by atoms with E-state index in [1.54, 1.807) is 17.4 Å². The molecule has 0 saturated heterocycles. The third kappa shape index (κ3) is 2.05. The Morgan fingerprint density at radius 1 is 1.36 bits per heavy atom. The van der Waals surface area contributed by atoms with Crippen molar-refractivity contribution in [3.63, 3.8) is 0 Å². The smallest absolute Gasteiger partial charge is 0.145 e. The van der Waals surface area contributed by atoms with E-state index in [4.69, 9.17) is 23.2 Å². The van der Waals surface area contributed by atoms with Crippen LogP contribution in [0.5, 0.6) is 0 Å². The Labute approximate surface area is 95.5 Å². The Kier molecular flexibility index (Phi) is 3.01. The van der Waals surface area contributed by atoms with Gasteiger partial charge in [-0.25, -0.2) is 9.97 Å². The minimum Gasteiger partial charge on any atom is -0.231 e. The van der Waals surface area contributed by atoms with Gasteiger partial charge in [0, 0.05) is 6.07 Å². The van der Waals surface area contributed by atoms with Crippen LogP contribution < -0.4 is 0 Å². The zero-order valence-electron chi connectivity index (χ0n) is 7.08. The molecule has 0 N–H and O–H groups in total. The van der Waals surface area contributed by atoms with Crippen LogP contribution >= 0.6 is 34.5 Å². The van der Waals surface area contributed by atoms with Crippen LogP contribution in [0.25, 0.3) is 10.6 Å². The number of alkyl halides is 1. The Hall–Kier alpha value is -0.640. The third-order valence-electron chi connectivity index (χ3n) is 1.63. The van der Waals surface area contributed by atoms with Crippen molar-refractivity contribution in [2.24, 2.45) is 0 Å². The van der Waals surface area contributed by atoms with Crippen molar-refractivity contribution in [3.8, 4) is 10.6 Å². The topological polar surface area (TPSA) is 25.8 Å². The molecule has 0 atom stereocenters. The van der Waals surface area contributed by atoms with Crippen molar-refractivity contribution >= 4 is 34.5 Å². The summed E-state index contributed by atoms with van der Waals surface area (Å²) >= 11 is 13.1. The Bertz CT molecular complexity index is 428.